The fourth-order valence-electron chi connectivity index (χ4n) is 4.28. The second-order valence-corrected chi connectivity index (χ2v) is 9.22. The number of carboxylic acids is 1. The van der Waals surface area contributed by atoms with Crippen LogP contribution >= 0.6 is 0 Å². The smallest absolute Gasteiger partial charge is 0.407 e. The molecule has 0 radical (unpaired) electrons. The quantitative estimate of drug-likeness (QED) is 0.448. The third-order valence-electron chi connectivity index (χ3n) is 6.29. The number of amides is 2. The Morgan fingerprint density at radius 1 is 0.886 bits per heavy atom. The summed E-state index contributed by atoms with van der Waals surface area (Å²) in [5.41, 5.74) is 3.91. The number of carbonyl (C=O) groups excluding carboxylic acids is 2. The van der Waals surface area contributed by atoms with Crippen LogP contribution in [0.5, 0.6) is 0 Å². The summed E-state index contributed by atoms with van der Waals surface area (Å²) in [6.45, 7) is 3.42. The monoisotopic (exact) mass is 472 g/mol. The molecule has 35 heavy (non-hydrogen) atoms. The van der Waals surface area contributed by atoms with E-state index in [1.807, 2.05) is 36.4 Å². The van der Waals surface area contributed by atoms with Gasteiger partial charge in [-0.2, -0.15) is 0 Å². The molecule has 0 aromatic heterocycles. The third-order valence-corrected chi connectivity index (χ3v) is 6.29. The molecule has 180 valence electrons. The standard InChI is InChI=1S/C28H28N2O5/c1-28(2,26(33)30-24(25(31)32)18-10-4-3-5-11-18)17-29-27(34)35-16-23-21-14-8-6-12-19(21)20-13-7-9-15-22(20)23/h3-15,23-24H,16-17H2,1-2H3,(H,29,34)(H,30,33)(H,31,32). The Morgan fingerprint density at radius 3 is 2.00 bits per heavy atom. The topological polar surface area (TPSA) is 105 Å². The van der Waals surface area contributed by atoms with Crippen LogP contribution in [0.2, 0.25) is 0 Å². The molecular formula is C28H28N2O5. The number of ether oxygens (including phenoxy) is 1. The summed E-state index contributed by atoms with van der Waals surface area (Å²) in [6, 6.07) is 23.4. The van der Waals surface area contributed by atoms with E-state index in [-0.39, 0.29) is 19.1 Å². The van der Waals surface area contributed by atoms with Gasteiger partial charge in [-0.15, -0.1) is 0 Å². The number of alkyl carbamates (subject to hydrolysis) is 1. The molecule has 0 spiro atoms. The first-order valence-corrected chi connectivity index (χ1v) is 11.5. The van der Waals surface area contributed by atoms with Crippen LogP contribution in [0.15, 0.2) is 78.9 Å². The Morgan fingerprint density at radius 2 is 1.43 bits per heavy atom. The maximum absolute atomic E-state index is 12.8. The zero-order valence-electron chi connectivity index (χ0n) is 19.7. The third kappa shape index (κ3) is 5.19. The van der Waals surface area contributed by atoms with E-state index in [9.17, 15) is 19.5 Å². The molecule has 0 bridgehead atoms. The lowest BCUT2D eigenvalue weighted by Gasteiger charge is -2.26. The summed E-state index contributed by atoms with van der Waals surface area (Å²) in [6.07, 6.45) is -0.634. The van der Waals surface area contributed by atoms with E-state index in [1.165, 1.54) is 0 Å². The van der Waals surface area contributed by atoms with Gasteiger partial charge >= 0.3 is 12.1 Å². The highest BCUT2D eigenvalue weighted by Crippen LogP contribution is 2.44. The van der Waals surface area contributed by atoms with Crippen molar-refractivity contribution in [1.29, 1.82) is 0 Å². The Hall–Kier alpha value is -4.13. The highest BCUT2D eigenvalue weighted by Gasteiger charge is 2.33. The summed E-state index contributed by atoms with van der Waals surface area (Å²) in [5, 5.41) is 14.8. The summed E-state index contributed by atoms with van der Waals surface area (Å²) < 4.78 is 5.53. The summed E-state index contributed by atoms with van der Waals surface area (Å²) in [7, 11) is 0. The van der Waals surface area contributed by atoms with Crippen molar-refractivity contribution < 1.29 is 24.2 Å². The van der Waals surface area contributed by atoms with Crippen LogP contribution in [0.1, 0.15) is 42.5 Å². The van der Waals surface area contributed by atoms with Gasteiger partial charge in [0, 0.05) is 12.5 Å². The van der Waals surface area contributed by atoms with E-state index >= 15 is 0 Å². The van der Waals surface area contributed by atoms with Gasteiger partial charge in [-0.3, -0.25) is 4.79 Å². The zero-order valence-corrected chi connectivity index (χ0v) is 19.7. The van der Waals surface area contributed by atoms with E-state index < -0.39 is 29.4 Å². The number of hydrogen-bond donors (Lipinski definition) is 3. The van der Waals surface area contributed by atoms with Crippen LogP contribution in [-0.2, 0) is 14.3 Å². The lowest BCUT2D eigenvalue weighted by Crippen LogP contribution is -2.47. The molecule has 0 saturated carbocycles. The molecule has 2 amide bonds. The minimum Gasteiger partial charge on any atom is -0.479 e. The van der Waals surface area contributed by atoms with Gasteiger partial charge in [0.1, 0.15) is 6.61 Å². The predicted octanol–water partition coefficient (Wildman–Crippen LogP) is 4.49. The molecular weight excluding hydrogens is 444 g/mol. The van der Waals surface area contributed by atoms with Crippen LogP contribution in [0, 0.1) is 5.41 Å². The summed E-state index contributed by atoms with van der Waals surface area (Å²) in [4.78, 5) is 37.0. The number of hydrogen-bond acceptors (Lipinski definition) is 4. The SMILES string of the molecule is CC(C)(CNC(=O)OCC1c2ccccc2-c2ccccc21)C(=O)NC(C(=O)O)c1ccccc1. The lowest BCUT2D eigenvalue weighted by molar-refractivity contribution is -0.143. The van der Waals surface area contributed by atoms with Gasteiger partial charge < -0.3 is 20.5 Å². The first kappa shape index (κ1) is 24.0. The van der Waals surface area contributed by atoms with E-state index in [1.54, 1.807) is 44.2 Å². The second-order valence-electron chi connectivity index (χ2n) is 9.22. The average Bonchev–Trinajstić information content (AvgIpc) is 3.18. The van der Waals surface area contributed by atoms with Crippen molar-refractivity contribution in [2.45, 2.75) is 25.8 Å². The van der Waals surface area contributed by atoms with Gasteiger partial charge in [-0.25, -0.2) is 9.59 Å². The van der Waals surface area contributed by atoms with Crippen LogP contribution in [-0.4, -0.2) is 36.2 Å². The van der Waals surface area contributed by atoms with Crippen molar-refractivity contribution >= 4 is 18.0 Å². The van der Waals surface area contributed by atoms with Crippen LogP contribution in [0.25, 0.3) is 11.1 Å². The predicted molar refractivity (Wildman–Crippen MR) is 132 cm³/mol. The molecule has 0 aliphatic heterocycles. The van der Waals surface area contributed by atoms with Gasteiger partial charge in [0.05, 0.1) is 5.41 Å². The maximum atomic E-state index is 12.8. The normalized spacial score (nSPS) is 13.3. The van der Waals surface area contributed by atoms with E-state index in [4.69, 9.17) is 4.74 Å². The van der Waals surface area contributed by atoms with Crippen LogP contribution in [0.3, 0.4) is 0 Å². The van der Waals surface area contributed by atoms with E-state index in [0.29, 0.717) is 5.56 Å². The molecule has 7 heteroatoms. The molecule has 7 nitrogen and oxygen atoms in total. The molecule has 1 aliphatic rings. The molecule has 0 heterocycles. The van der Waals surface area contributed by atoms with Gasteiger partial charge in [-0.1, -0.05) is 78.9 Å². The lowest BCUT2D eigenvalue weighted by atomic mass is 9.91. The molecule has 3 N–H and O–H groups in total. The molecule has 1 atom stereocenters. The van der Waals surface area contributed by atoms with Gasteiger partial charge in [0.25, 0.3) is 0 Å². The highest BCUT2D eigenvalue weighted by molar-refractivity contribution is 5.88. The number of aliphatic carboxylic acids is 1. The largest absolute Gasteiger partial charge is 0.479 e. The molecule has 0 fully saturated rings. The Kier molecular flexibility index (Phi) is 6.87. The van der Waals surface area contributed by atoms with Crippen molar-refractivity contribution in [3.8, 4) is 11.1 Å². The fraction of sp³-hybridized carbons (Fsp3) is 0.250. The van der Waals surface area contributed by atoms with E-state index in [0.717, 1.165) is 22.3 Å². The Balaban J connectivity index is 1.34. The summed E-state index contributed by atoms with van der Waals surface area (Å²) in [5.74, 6) is -1.72. The molecule has 1 unspecified atom stereocenters. The van der Waals surface area contributed by atoms with Crippen molar-refractivity contribution in [3.05, 3.63) is 95.6 Å². The number of nitrogens with one attached hydrogen (secondary N) is 2. The first-order chi connectivity index (χ1) is 16.8. The maximum Gasteiger partial charge on any atom is 0.407 e. The fourth-order valence-corrected chi connectivity index (χ4v) is 4.28. The molecule has 0 saturated heterocycles. The first-order valence-electron chi connectivity index (χ1n) is 11.5. The average molecular weight is 473 g/mol. The van der Waals surface area contributed by atoms with E-state index in [2.05, 4.69) is 22.8 Å². The van der Waals surface area contributed by atoms with Crippen LogP contribution < -0.4 is 10.6 Å². The molecule has 1 aliphatic carbocycles. The Bertz CT molecular complexity index is 1190. The molecule has 3 aromatic rings. The minimum absolute atomic E-state index is 0.0172. The number of rotatable bonds is 8. The molecule has 4 rings (SSSR count). The minimum atomic E-state index is -1.18. The van der Waals surface area contributed by atoms with Crippen molar-refractivity contribution in [1.82, 2.24) is 10.6 Å². The van der Waals surface area contributed by atoms with Gasteiger partial charge in [-0.05, 0) is 41.7 Å². The second kappa shape index (κ2) is 10.0. The number of fused-ring (bicyclic) bond motifs is 3. The van der Waals surface area contributed by atoms with Gasteiger partial charge in [0.15, 0.2) is 6.04 Å². The number of carbonyl (C=O) groups is 3. The Labute approximate surface area is 204 Å². The molecule has 3 aromatic carbocycles. The van der Waals surface area contributed by atoms with Crippen molar-refractivity contribution in [2.75, 3.05) is 13.2 Å². The van der Waals surface area contributed by atoms with Crippen molar-refractivity contribution in [2.24, 2.45) is 5.41 Å². The van der Waals surface area contributed by atoms with Crippen LogP contribution in [0.4, 0.5) is 4.79 Å². The summed E-state index contributed by atoms with van der Waals surface area (Å²) >= 11 is 0. The highest BCUT2D eigenvalue weighted by atomic mass is 16.5. The van der Waals surface area contributed by atoms with Gasteiger partial charge in [0.2, 0.25) is 5.91 Å². The number of benzene rings is 3. The number of carboxylic acid groups (broad SMARTS) is 1. The zero-order chi connectivity index (χ0) is 25.0. The van der Waals surface area contributed by atoms with Crippen molar-refractivity contribution in [3.63, 3.8) is 0 Å².